The van der Waals surface area contributed by atoms with E-state index in [1.54, 1.807) is 6.08 Å². The van der Waals surface area contributed by atoms with Gasteiger partial charge >= 0.3 is 0 Å². The topological polar surface area (TPSA) is 51.5 Å². The van der Waals surface area contributed by atoms with Gasteiger partial charge in [0.2, 0.25) is 11.2 Å². The minimum atomic E-state index is -0.146. The van der Waals surface area contributed by atoms with E-state index in [0.29, 0.717) is 25.0 Å². The van der Waals surface area contributed by atoms with Gasteiger partial charge in [0.05, 0.1) is 6.54 Å². The fourth-order valence-corrected chi connectivity index (χ4v) is 2.65. The van der Waals surface area contributed by atoms with Crippen LogP contribution >= 0.6 is 0 Å². The van der Waals surface area contributed by atoms with Crippen LogP contribution in [0.2, 0.25) is 0 Å². The number of ether oxygens (including phenoxy) is 1. The predicted molar refractivity (Wildman–Crippen MR) is 78.9 cm³/mol. The van der Waals surface area contributed by atoms with E-state index in [2.05, 4.69) is 18.8 Å². The van der Waals surface area contributed by atoms with E-state index in [4.69, 9.17) is 9.15 Å². The van der Waals surface area contributed by atoms with Crippen LogP contribution in [0.25, 0.3) is 0 Å². The van der Waals surface area contributed by atoms with E-state index in [9.17, 15) is 4.79 Å². The highest BCUT2D eigenvalue weighted by molar-refractivity contribution is 5.17. The summed E-state index contributed by atoms with van der Waals surface area (Å²) in [5.74, 6) is 1.67. The third kappa shape index (κ3) is 4.23. The van der Waals surface area contributed by atoms with Gasteiger partial charge in [0.25, 0.3) is 0 Å². The van der Waals surface area contributed by atoms with Gasteiger partial charge in [-0.1, -0.05) is 32.4 Å². The number of hydrogen-bond donors (Lipinski definition) is 1. The third-order valence-corrected chi connectivity index (χ3v) is 3.71. The fraction of sp³-hybridized carbons (Fsp3) is 0.562. The molecule has 20 heavy (non-hydrogen) atoms. The molecule has 0 aromatic carbocycles. The highest BCUT2D eigenvalue weighted by atomic mass is 16.5. The molecule has 2 unspecified atom stereocenters. The van der Waals surface area contributed by atoms with E-state index in [-0.39, 0.29) is 11.2 Å². The maximum absolute atomic E-state index is 11.8. The molecule has 1 saturated carbocycles. The SMILES string of the molecule is C=CCOc1coc(CNC2CCCC(C)C2)cc1=O. The Morgan fingerprint density at radius 3 is 3.10 bits per heavy atom. The first kappa shape index (κ1) is 14.9. The summed E-state index contributed by atoms with van der Waals surface area (Å²) in [5.41, 5.74) is -0.146. The summed E-state index contributed by atoms with van der Waals surface area (Å²) in [4.78, 5) is 11.8. The Bertz CT molecular complexity index is 495. The van der Waals surface area contributed by atoms with Crippen LogP contribution in [-0.2, 0) is 6.54 Å². The lowest BCUT2D eigenvalue weighted by atomic mass is 9.87. The van der Waals surface area contributed by atoms with Crippen LogP contribution in [0, 0.1) is 5.92 Å². The first-order chi connectivity index (χ1) is 9.69. The fourth-order valence-electron chi connectivity index (χ4n) is 2.65. The average Bonchev–Trinajstić information content (AvgIpc) is 2.44. The maximum atomic E-state index is 11.8. The van der Waals surface area contributed by atoms with Gasteiger partial charge in [-0.15, -0.1) is 0 Å². The van der Waals surface area contributed by atoms with Crippen LogP contribution in [-0.4, -0.2) is 12.6 Å². The second-order valence-corrected chi connectivity index (χ2v) is 5.52. The molecule has 1 heterocycles. The van der Waals surface area contributed by atoms with Crippen molar-refractivity contribution in [2.45, 2.75) is 45.2 Å². The third-order valence-electron chi connectivity index (χ3n) is 3.71. The first-order valence-corrected chi connectivity index (χ1v) is 7.28. The monoisotopic (exact) mass is 277 g/mol. The molecule has 110 valence electrons. The number of rotatable bonds is 6. The van der Waals surface area contributed by atoms with E-state index in [1.165, 1.54) is 38.0 Å². The average molecular weight is 277 g/mol. The first-order valence-electron chi connectivity index (χ1n) is 7.28. The van der Waals surface area contributed by atoms with E-state index in [1.807, 2.05) is 0 Å². The van der Waals surface area contributed by atoms with Gasteiger partial charge in [0, 0.05) is 12.1 Å². The molecule has 0 spiro atoms. The van der Waals surface area contributed by atoms with Gasteiger partial charge < -0.3 is 14.5 Å². The zero-order valence-electron chi connectivity index (χ0n) is 12.1. The van der Waals surface area contributed by atoms with Gasteiger partial charge in [0.1, 0.15) is 18.6 Å². The van der Waals surface area contributed by atoms with Crippen molar-refractivity contribution in [3.8, 4) is 5.75 Å². The Hall–Kier alpha value is -1.55. The highest BCUT2D eigenvalue weighted by Gasteiger charge is 2.18. The molecule has 1 N–H and O–H groups in total. The lowest BCUT2D eigenvalue weighted by molar-refractivity contribution is 0.290. The van der Waals surface area contributed by atoms with Crippen LogP contribution < -0.4 is 15.5 Å². The quantitative estimate of drug-likeness (QED) is 0.812. The molecule has 2 atom stereocenters. The van der Waals surface area contributed by atoms with Crippen molar-refractivity contribution in [3.05, 3.63) is 41.0 Å². The molecule has 1 aliphatic rings. The predicted octanol–water partition coefficient (Wildman–Crippen LogP) is 2.87. The summed E-state index contributed by atoms with van der Waals surface area (Å²) in [6, 6.07) is 2.03. The molecule has 0 radical (unpaired) electrons. The van der Waals surface area contributed by atoms with Crippen molar-refractivity contribution in [1.82, 2.24) is 5.32 Å². The Kier molecular flexibility index (Phi) is 5.41. The van der Waals surface area contributed by atoms with Gasteiger partial charge in [-0.2, -0.15) is 0 Å². The maximum Gasteiger partial charge on any atom is 0.227 e. The van der Waals surface area contributed by atoms with Crippen molar-refractivity contribution >= 4 is 0 Å². The van der Waals surface area contributed by atoms with Crippen molar-refractivity contribution in [1.29, 1.82) is 0 Å². The molecule has 1 aromatic rings. The van der Waals surface area contributed by atoms with Crippen LogP contribution in [0.5, 0.6) is 5.75 Å². The minimum absolute atomic E-state index is 0.146. The highest BCUT2D eigenvalue weighted by Crippen LogP contribution is 2.23. The largest absolute Gasteiger partial charge is 0.482 e. The Balaban J connectivity index is 1.88. The molecule has 1 fully saturated rings. The van der Waals surface area contributed by atoms with Crippen LogP contribution in [0.15, 0.2) is 34.2 Å². The Morgan fingerprint density at radius 2 is 2.40 bits per heavy atom. The van der Waals surface area contributed by atoms with Gasteiger partial charge in [-0.3, -0.25) is 4.79 Å². The van der Waals surface area contributed by atoms with Crippen LogP contribution in [0.4, 0.5) is 0 Å². The van der Waals surface area contributed by atoms with Crippen molar-refractivity contribution < 1.29 is 9.15 Å². The summed E-state index contributed by atoms with van der Waals surface area (Å²) in [6.07, 6.45) is 7.98. The van der Waals surface area contributed by atoms with Gasteiger partial charge in [-0.25, -0.2) is 0 Å². The standard InChI is InChI=1S/C16H23NO3/c1-3-7-19-16-11-20-14(9-15(16)18)10-17-13-6-4-5-12(2)8-13/h3,9,11-13,17H,1,4-8,10H2,2H3. The zero-order valence-corrected chi connectivity index (χ0v) is 12.1. The molecule has 0 aliphatic heterocycles. The number of nitrogens with one attached hydrogen (secondary N) is 1. The lowest BCUT2D eigenvalue weighted by Crippen LogP contribution is -2.33. The molecule has 2 rings (SSSR count). The Morgan fingerprint density at radius 1 is 1.55 bits per heavy atom. The minimum Gasteiger partial charge on any atom is -0.482 e. The normalized spacial score (nSPS) is 22.4. The molecule has 0 amide bonds. The summed E-state index contributed by atoms with van der Waals surface area (Å²) in [6.45, 7) is 6.73. The number of hydrogen-bond acceptors (Lipinski definition) is 4. The molecule has 4 nitrogen and oxygen atoms in total. The summed E-state index contributed by atoms with van der Waals surface area (Å²) in [5, 5.41) is 3.47. The molecule has 1 aliphatic carbocycles. The Labute approximate surface area is 119 Å². The molecule has 4 heteroatoms. The van der Waals surface area contributed by atoms with E-state index >= 15 is 0 Å². The van der Waals surface area contributed by atoms with E-state index < -0.39 is 0 Å². The van der Waals surface area contributed by atoms with Crippen molar-refractivity contribution in [3.63, 3.8) is 0 Å². The molecular weight excluding hydrogens is 254 g/mol. The van der Waals surface area contributed by atoms with Gasteiger partial charge in [0.15, 0.2) is 0 Å². The second kappa shape index (κ2) is 7.29. The van der Waals surface area contributed by atoms with E-state index in [0.717, 1.165) is 5.92 Å². The molecule has 0 saturated heterocycles. The summed E-state index contributed by atoms with van der Waals surface area (Å²) in [7, 11) is 0. The van der Waals surface area contributed by atoms with Gasteiger partial charge in [-0.05, 0) is 18.8 Å². The molecule has 1 aromatic heterocycles. The molecular formula is C16H23NO3. The van der Waals surface area contributed by atoms with Crippen molar-refractivity contribution in [2.24, 2.45) is 5.92 Å². The van der Waals surface area contributed by atoms with Crippen LogP contribution in [0.1, 0.15) is 38.4 Å². The molecule has 0 bridgehead atoms. The smallest absolute Gasteiger partial charge is 0.227 e. The summed E-state index contributed by atoms with van der Waals surface area (Å²) >= 11 is 0. The second-order valence-electron chi connectivity index (χ2n) is 5.52. The van der Waals surface area contributed by atoms with Crippen molar-refractivity contribution in [2.75, 3.05) is 6.61 Å². The zero-order chi connectivity index (χ0) is 14.4. The summed E-state index contributed by atoms with van der Waals surface area (Å²) < 4.78 is 10.6. The van der Waals surface area contributed by atoms with Crippen LogP contribution in [0.3, 0.4) is 0 Å². The lowest BCUT2D eigenvalue weighted by Gasteiger charge is -2.27.